The molecule has 0 spiro atoms. The molecule has 20 nitrogen and oxygen atoms in total. The van der Waals surface area contributed by atoms with Crippen LogP contribution in [0.2, 0.25) is 0 Å². The van der Waals surface area contributed by atoms with Crippen LogP contribution in [-0.2, 0) is 49.6 Å². The molecule has 9 amide bonds. The smallest absolute Gasteiger partial charge is 0.246 e. The maximum Gasteiger partial charge on any atom is 0.246 e. The Morgan fingerprint density at radius 1 is 0.737 bits per heavy atom. The Balaban J connectivity index is 1.98. The van der Waals surface area contributed by atoms with Crippen molar-refractivity contribution in [3.8, 4) is 0 Å². The van der Waals surface area contributed by atoms with Gasteiger partial charge < -0.3 is 48.7 Å². The third kappa shape index (κ3) is 13.5. The number of carbonyl (C=O) groups excluding carboxylic acids is 9. The fourth-order valence-electron chi connectivity index (χ4n) is 5.74. The lowest BCUT2D eigenvalue weighted by atomic mass is 9.99. The molecule has 11 N–H and O–H groups in total. The minimum atomic E-state index is -1.57. The van der Waals surface area contributed by atoms with E-state index in [9.17, 15) is 43.2 Å². The number of fused-ring (bicyclic) bond motifs is 4. The van der Waals surface area contributed by atoms with Gasteiger partial charge >= 0.3 is 0 Å². The maximum atomic E-state index is 13.6. The van der Waals surface area contributed by atoms with Gasteiger partial charge in [0.05, 0.1) is 12.1 Å². The second-order valence-corrected chi connectivity index (χ2v) is 15.8. The van der Waals surface area contributed by atoms with Crippen molar-refractivity contribution in [2.45, 2.75) is 116 Å². The van der Waals surface area contributed by atoms with Crippen molar-refractivity contribution in [1.82, 2.24) is 42.2 Å². The Kier molecular flexibility index (Phi) is 16.5. The van der Waals surface area contributed by atoms with Crippen LogP contribution in [0.4, 0.5) is 0 Å². The summed E-state index contributed by atoms with van der Waals surface area (Å²) in [6.07, 6.45) is 0.794. The van der Waals surface area contributed by atoms with Crippen molar-refractivity contribution in [1.29, 1.82) is 0 Å². The SMILES string of the molecule is CC(C)C[C@@H]1NC(=O)[C@H](C(C)C)NC(=O)[C@H](C)NC(=O)[C@H](C)NC(=O)[C@@H]2CSC(=N2)c2cc(ccn2)C[C@@H](C(N)=O)NC(=O)[C@H](C)NC(=O)[C@H](CC(N)=O)NC1=O. The largest absolute Gasteiger partial charge is 0.370 e. The number of rotatable bonds is 6. The highest BCUT2D eigenvalue weighted by molar-refractivity contribution is 8.14. The molecule has 2 aliphatic rings. The highest BCUT2D eigenvalue weighted by atomic mass is 32.2. The Hall–Kier alpha value is -5.60. The monoisotopic (exact) mass is 815 g/mol. The standard InChI is InChI=1S/C36H53N11O9S/c1-15(2)10-22-33(54)44-23(13-26(37)48)32(53)41-18(6)30(51)43-21(28(38)49)11-20-8-9-39-24(12-20)36-46-25(14-57-36)34(55)42-17(5)29(50)40-19(7)31(52)47-27(16(3)4)35(56)45-22/h8-9,12,15-19,21-23,25,27H,10-11,13-14H2,1-7H3,(H2,37,48)(H2,38,49)(H,40,50)(H,41,53)(H,42,55)(H,43,51)(H,44,54)(H,45,56)(H,47,52)/t17-,18-,19-,21-,22-,23-,25-,27-/m0/s1. The van der Waals surface area contributed by atoms with Gasteiger partial charge in [-0.2, -0.15) is 0 Å². The number of nitrogens with one attached hydrogen (secondary N) is 7. The summed E-state index contributed by atoms with van der Waals surface area (Å²) in [5, 5.41) is 18.1. The second-order valence-electron chi connectivity index (χ2n) is 14.8. The number of nitrogens with two attached hydrogens (primary N) is 2. The van der Waals surface area contributed by atoms with Gasteiger partial charge in [-0.15, -0.1) is 11.8 Å². The molecule has 21 heteroatoms. The molecule has 4 bridgehead atoms. The molecule has 2 aliphatic heterocycles. The van der Waals surface area contributed by atoms with E-state index in [-0.39, 0.29) is 24.5 Å². The summed E-state index contributed by atoms with van der Waals surface area (Å²) in [6, 6.07) is -6.43. The molecule has 0 saturated carbocycles. The molecular weight excluding hydrogens is 763 g/mol. The molecule has 1 aromatic heterocycles. The summed E-state index contributed by atoms with van der Waals surface area (Å²) in [7, 11) is 0. The van der Waals surface area contributed by atoms with Gasteiger partial charge in [-0.1, -0.05) is 27.7 Å². The number of primary amides is 2. The molecule has 0 fully saturated rings. The Bertz CT molecular complexity index is 1770. The van der Waals surface area contributed by atoms with Crippen LogP contribution in [0.25, 0.3) is 0 Å². The topological polar surface area (TPSA) is 315 Å². The van der Waals surface area contributed by atoms with E-state index in [2.05, 4.69) is 47.2 Å². The molecule has 3 heterocycles. The van der Waals surface area contributed by atoms with E-state index in [1.54, 1.807) is 39.8 Å². The first kappa shape index (κ1) is 45.8. The number of pyridine rings is 1. The van der Waals surface area contributed by atoms with Crippen LogP contribution >= 0.6 is 11.8 Å². The number of hydrogen-bond acceptors (Lipinski definition) is 12. The average molecular weight is 816 g/mol. The van der Waals surface area contributed by atoms with Gasteiger partial charge in [0.25, 0.3) is 0 Å². The lowest BCUT2D eigenvalue weighted by Crippen LogP contribution is -2.60. The molecular formula is C36H53N11O9S. The van der Waals surface area contributed by atoms with Crippen molar-refractivity contribution in [2.75, 3.05) is 5.75 Å². The second kappa shape index (κ2) is 20.5. The van der Waals surface area contributed by atoms with Crippen molar-refractivity contribution in [3.63, 3.8) is 0 Å². The van der Waals surface area contributed by atoms with E-state index in [1.165, 1.54) is 38.7 Å². The average Bonchev–Trinajstić information content (AvgIpc) is 3.62. The third-order valence-electron chi connectivity index (χ3n) is 8.98. The van der Waals surface area contributed by atoms with Crippen LogP contribution < -0.4 is 48.7 Å². The van der Waals surface area contributed by atoms with E-state index >= 15 is 0 Å². The predicted molar refractivity (Wildman–Crippen MR) is 209 cm³/mol. The number of nitrogens with zero attached hydrogens (tertiary/aromatic N) is 2. The van der Waals surface area contributed by atoms with Crippen molar-refractivity contribution in [2.24, 2.45) is 28.3 Å². The summed E-state index contributed by atoms with van der Waals surface area (Å²) >= 11 is 1.25. The van der Waals surface area contributed by atoms with Crippen LogP contribution in [-0.4, -0.2) is 117 Å². The van der Waals surface area contributed by atoms with E-state index in [1.807, 2.05) is 0 Å². The maximum absolute atomic E-state index is 13.6. The molecule has 312 valence electrons. The van der Waals surface area contributed by atoms with Crippen LogP contribution in [0.15, 0.2) is 23.3 Å². The molecule has 8 atom stereocenters. The third-order valence-corrected chi connectivity index (χ3v) is 10.0. The minimum Gasteiger partial charge on any atom is -0.370 e. The Labute approximate surface area is 334 Å². The molecule has 0 aliphatic carbocycles. The van der Waals surface area contributed by atoms with E-state index in [0.29, 0.717) is 16.3 Å². The van der Waals surface area contributed by atoms with E-state index in [0.717, 1.165) is 0 Å². The summed E-state index contributed by atoms with van der Waals surface area (Å²) in [5.41, 5.74) is 11.9. The van der Waals surface area contributed by atoms with Crippen LogP contribution in [0.1, 0.15) is 72.6 Å². The molecule has 1 aromatic rings. The number of amides is 9. The zero-order chi connectivity index (χ0) is 42.7. The summed E-state index contributed by atoms with van der Waals surface area (Å²) in [5.74, 6) is -7.56. The minimum absolute atomic E-state index is 0.0791. The van der Waals surface area contributed by atoms with Gasteiger partial charge in [-0.3, -0.25) is 53.1 Å². The highest BCUT2D eigenvalue weighted by Crippen LogP contribution is 2.23. The highest BCUT2D eigenvalue weighted by Gasteiger charge is 2.35. The van der Waals surface area contributed by atoms with Gasteiger partial charge in [-0.05, 0) is 56.7 Å². The molecule has 0 saturated heterocycles. The summed E-state index contributed by atoms with van der Waals surface area (Å²) in [6.45, 7) is 11.0. The first-order valence-electron chi connectivity index (χ1n) is 18.5. The van der Waals surface area contributed by atoms with E-state index in [4.69, 9.17) is 11.5 Å². The van der Waals surface area contributed by atoms with E-state index < -0.39 is 114 Å². The number of thioether (sulfide) groups is 1. The molecule has 0 unspecified atom stereocenters. The Morgan fingerprint density at radius 3 is 1.86 bits per heavy atom. The fraction of sp³-hybridized carbons (Fsp3) is 0.583. The lowest BCUT2D eigenvalue weighted by Gasteiger charge is -2.28. The number of hydrogen-bond donors (Lipinski definition) is 9. The molecule has 0 aromatic carbocycles. The number of aromatic nitrogens is 1. The normalized spacial score (nSPS) is 27.7. The van der Waals surface area contributed by atoms with Gasteiger partial charge in [0.15, 0.2) is 0 Å². The molecule has 3 rings (SSSR count). The van der Waals surface area contributed by atoms with Gasteiger partial charge in [0, 0.05) is 18.4 Å². The zero-order valence-electron chi connectivity index (χ0n) is 33.0. The van der Waals surface area contributed by atoms with Gasteiger partial charge in [-0.25, -0.2) is 0 Å². The van der Waals surface area contributed by atoms with Crippen LogP contribution in [0.5, 0.6) is 0 Å². The zero-order valence-corrected chi connectivity index (χ0v) is 33.8. The predicted octanol–water partition coefficient (Wildman–Crippen LogP) is -2.98. The van der Waals surface area contributed by atoms with Gasteiger partial charge in [0.1, 0.15) is 53.4 Å². The number of aliphatic imine (C=N–C) groups is 1. The van der Waals surface area contributed by atoms with Crippen molar-refractivity contribution >= 4 is 70.0 Å². The molecule has 0 radical (unpaired) electrons. The first-order chi connectivity index (χ1) is 26.7. The van der Waals surface area contributed by atoms with Crippen LogP contribution in [0, 0.1) is 11.8 Å². The quantitative estimate of drug-likeness (QED) is 0.140. The van der Waals surface area contributed by atoms with Crippen molar-refractivity contribution < 1.29 is 43.2 Å². The first-order valence-corrected chi connectivity index (χ1v) is 19.5. The summed E-state index contributed by atoms with van der Waals surface area (Å²) < 4.78 is 0. The Morgan fingerprint density at radius 2 is 1.28 bits per heavy atom. The van der Waals surface area contributed by atoms with Crippen LogP contribution in [0.3, 0.4) is 0 Å². The summed E-state index contributed by atoms with van der Waals surface area (Å²) in [4.78, 5) is 127. The fourth-order valence-corrected chi connectivity index (χ4v) is 6.74. The van der Waals surface area contributed by atoms with Crippen molar-refractivity contribution in [3.05, 3.63) is 29.6 Å². The van der Waals surface area contributed by atoms with Gasteiger partial charge in [0.2, 0.25) is 53.2 Å². The molecule has 57 heavy (non-hydrogen) atoms. The lowest BCUT2D eigenvalue weighted by molar-refractivity contribution is -0.136. The number of carbonyl (C=O) groups is 9.